The summed E-state index contributed by atoms with van der Waals surface area (Å²) in [5.41, 5.74) is -0.204. The van der Waals surface area contributed by atoms with E-state index in [1.807, 2.05) is 0 Å². The predicted molar refractivity (Wildman–Crippen MR) is 69.5 cm³/mol. The van der Waals surface area contributed by atoms with Gasteiger partial charge in [-0.1, -0.05) is 26.7 Å². The first-order valence-corrected chi connectivity index (χ1v) is 6.27. The summed E-state index contributed by atoms with van der Waals surface area (Å²) in [5, 5.41) is 0. The molecule has 0 amide bonds. The van der Waals surface area contributed by atoms with E-state index in [0.717, 1.165) is 25.7 Å². The van der Waals surface area contributed by atoms with Crippen LogP contribution in [0.4, 0.5) is 0 Å². The van der Waals surface area contributed by atoms with Gasteiger partial charge in [0.15, 0.2) is 0 Å². The predicted octanol–water partition coefficient (Wildman–Crippen LogP) is 2.16. The molecule has 0 bridgehead atoms. The second-order valence-electron chi connectivity index (χ2n) is 4.94. The van der Waals surface area contributed by atoms with Crippen LogP contribution in [-0.4, -0.2) is 9.55 Å². The first-order valence-electron chi connectivity index (χ1n) is 6.27. The fourth-order valence-electron chi connectivity index (χ4n) is 2.41. The first-order chi connectivity index (χ1) is 7.94. The van der Waals surface area contributed by atoms with Crippen LogP contribution >= 0.6 is 0 Å². The maximum absolute atomic E-state index is 11.9. The molecule has 0 aromatic carbocycles. The van der Waals surface area contributed by atoms with Gasteiger partial charge in [0, 0.05) is 17.3 Å². The van der Waals surface area contributed by atoms with E-state index < -0.39 is 0 Å². The average Bonchev–Trinajstić information content (AvgIpc) is 2.24. The first kappa shape index (κ1) is 13.7. The smallest absolute Gasteiger partial charge is 0.295 e. The van der Waals surface area contributed by atoms with Gasteiger partial charge in [0.25, 0.3) is 5.56 Å². The number of nitrogens with one attached hydrogen (secondary N) is 1. The number of nitrogens with zero attached hydrogens (tertiary/aromatic N) is 1. The van der Waals surface area contributed by atoms with Crippen LogP contribution in [0.25, 0.3) is 0 Å². The average molecular weight is 238 g/mol. The number of aromatic amines is 1. The van der Waals surface area contributed by atoms with E-state index in [2.05, 4.69) is 25.8 Å². The van der Waals surface area contributed by atoms with Crippen LogP contribution in [0.15, 0.2) is 15.8 Å². The zero-order chi connectivity index (χ0) is 13.1. The van der Waals surface area contributed by atoms with E-state index in [1.165, 1.54) is 0 Å². The number of hydrogen-bond acceptors (Lipinski definition) is 2. The molecule has 96 valence electrons. The van der Waals surface area contributed by atoms with E-state index >= 15 is 0 Å². The van der Waals surface area contributed by atoms with Crippen LogP contribution in [0.2, 0.25) is 0 Å². The molecule has 0 saturated carbocycles. The lowest BCUT2D eigenvalue weighted by Crippen LogP contribution is -2.42. The molecule has 0 aliphatic heterocycles. The van der Waals surface area contributed by atoms with E-state index in [9.17, 15) is 9.59 Å². The van der Waals surface area contributed by atoms with Gasteiger partial charge in [0.1, 0.15) is 0 Å². The molecule has 0 unspecified atom stereocenters. The minimum atomic E-state index is -0.301. The van der Waals surface area contributed by atoms with E-state index in [1.54, 1.807) is 17.7 Å². The van der Waals surface area contributed by atoms with Gasteiger partial charge in [-0.15, -0.1) is 0 Å². The summed E-state index contributed by atoms with van der Waals surface area (Å²) >= 11 is 0. The molecule has 1 aromatic rings. The summed E-state index contributed by atoms with van der Waals surface area (Å²) in [6.45, 7) is 8.03. The third kappa shape index (κ3) is 2.87. The Labute approximate surface area is 102 Å². The lowest BCUT2D eigenvalue weighted by Gasteiger charge is -2.31. The summed E-state index contributed by atoms with van der Waals surface area (Å²) < 4.78 is 1.69. The summed E-state index contributed by atoms with van der Waals surface area (Å²) in [6, 6.07) is 0. The van der Waals surface area contributed by atoms with Gasteiger partial charge in [-0.3, -0.25) is 14.3 Å². The number of rotatable bonds is 5. The van der Waals surface area contributed by atoms with Crippen molar-refractivity contribution in [3.63, 3.8) is 0 Å². The molecular formula is C13H22N2O2. The summed E-state index contributed by atoms with van der Waals surface area (Å²) in [5.74, 6) is 0. The van der Waals surface area contributed by atoms with Gasteiger partial charge >= 0.3 is 5.69 Å². The molecule has 0 radical (unpaired) electrons. The number of aryl methyl sites for hydroxylation is 1. The van der Waals surface area contributed by atoms with Crippen molar-refractivity contribution < 1.29 is 0 Å². The van der Waals surface area contributed by atoms with Gasteiger partial charge in [-0.05, 0) is 26.7 Å². The number of hydrogen-bond donors (Lipinski definition) is 1. The Balaban J connectivity index is 3.33. The molecule has 17 heavy (non-hydrogen) atoms. The van der Waals surface area contributed by atoms with Crippen molar-refractivity contribution >= 4 is 0 Å². The molecule has 1 N–H and O–H groups in total. The summed E-state index contributed by atoms with van der Waals surface area (Å²) in [6.07, 6.45) is 5.59. The monoisotopic (exact) mass is 238 g/mol. The molecule has 4 nitrogen and oxygen atoms in total. The molecule has 1 aromatic heterocycles. The van der Waals surface area contributed by atoms with E-state index in [4.69, 9.17) is 0 Å². The lowest BCUT2D eigenvalue weighted by molar-refractivity contribution is 0.252. The summed E-state index contributed by atoms with van der Waals surface area (Å²) in [4.78, 5) is 25.6. The second-order valence-corrected chi connectivity index (χ2v) is 4.94. The zero-order valence-electron chi connectivity index (χ0n) is 11.2. The minimum Gasteiger partial charge on any atom is -0.295 e. The van der Waals surface area contributed by atoms with Crippen molar-refractivity contribution in [2.45, 2.75) is 58.9 Å². The zero-order valence-corrected chi connectivity index (χ0v) is 11.2. The highest BCUT2D eigenvalue weighted by atomic mass is 16.2. The Hall–Kier alpha value is -1.32. The standard InChI is InChI=1S/C13H22N2O2/c1-5-7-13(4,8-6-2)15-9-10(3)11(16)14-12(15)17/h9H,5-8H2,1-4H3,(H,14,16,17). The van der Waals surface area contributed by atoms with Gasteiger partial charge in [0.2, 0.25) is 0 Å². The minimum absolute atomic E-state index is 0.199. The summed E-state index contributed by atoms with van der Waals surface area (Å²) in [7, 11) is 0. The van der Waals surface area contributed by atoms with Crippen LogP contribution < -0.4 is 11.2 Å². The molecule has 1 heterocycles. The largest absolute Gasteiger partial charge is 0.328 e. The van der Waals surface area contributed by atoms with E-state index in [0.29, 0.717) is 5.56 Å². The van der Waals surface area contributed by atoms with Crippen molar-refractivity contribution in [3.05, 3.63) is 32.6 Å². The van der Waals surface area contributed by atoms with Crippen LogP contribution in [0, 0.1) is 6.92 Å². The third-order valence-corrected chi connectivity index (χ3v) is 3.28. The van der Waals surface area contributed by atoms with Gasteiger partial charge in [0.05, 0.1) is 0 Å². The van der Waals surface area contributed by atoms with Crippen LogP contribution in [-0.2, 0) is 5.54 Å². The quantitative estimate of drug-likeness (QED) is 0.854. The molecular weight excluding hydrogens is 216 g/mol. The van der Waals surface area contributed by atoms with Crippen molar-refractivity contribution in [2.75, 3.05) is 0 Å². The SMILES string of the molecule is CCCC(C)(CCC)n1cc(C)c(=O)[nH]c1=O. The van der Waals surface area contributed by atoms with Gasteiger partial charge in [-0.2, -0.15) is 0 Å². The van der Waals surface area contributed by atoms with Crippen LogP contribution in [0.3, 0.4) is 0 Å². The molecule has 0 spiro atoms. The molecule has 0 saturated heterocycles. The molecule has 0 aliphatic rings. The van der Waals surface area contributed by atoms with Crippen molar-refractivity contribution in [3.8, 4) is 0 Å². The molecule has 0 atom stereocenters. The third-order valence-electron chi connectivity index (χ3n) is 3.28. The molecule has 4 heteroatoms. The highest BCUT2D eigenvalue weighted by Crippen LogP contribution is 2.26. The molecule has 0 fully saturated rings. The molecule has 1 rings (SSSR count). The second kappa shape index (κ2) is 5.34. The fraction of sp³-hybridized carbons (Fsp3) is 0.692. The van der Waals surface area contributed by atoms with Crippen LogP contribution in [0.1, 0.15) is 52.0 Å². The topological polar surface area (TPSA) is 54.9 Å². The number of H-pyrrole nitrogens is 1. The Bertz CT molecular complexity index is 479. The maximum Gasteiger partial charge on any atom is 0.328 e. The number of aromatic nitrogens is 2. The van der Waals surface area contributed by atoms with Crippen molar-refractivity contribution in [1.82, 2.24) is 9.55 Å². The Morgan fingerprint density at radius 2 is 1.76 bits per heavy atom. The highest BCUT2D eigenvalue weighted by molar-refractivity contribution is 5.03. The lowest BCUT2D eigenvalue weighted by atomic mass is 9.90. The van der Waals surface area contributed by atoms with Crippen molar-refractivity contribution in [1.29, 1.82) is 0 Å². The van der Waals surface area contributed by atoms with Gasteiger partial charge in [-0.25, -0.2) is 4.79 Å². The molecule has 0 aliphatic carbocycles. The van der Waals surface area contributed by atoms with Crippen molar-refractivity contribution in [2.24, 2.45) is 0 Å². The normalized spacial score (nSPS) is 11.8. The van der Waals surface area contributed by atoms with Crippen LogP contribution in [0.5, 0.6) is 0 Å². The Kier molecular flexibility index (Phi) is 4.32. The Morgan fingerprint density at radius 1 is 1.24 bits per heavy atom. The highest BCUT2D eigenvalue weighted by Gasteiger charge is 2.25. The Morgan fingerprint density at radius 3 is 2.24 bits per heavy atom. The fourth-order valence-corrected chi connectivity index (χ4v) is 2.41. The maximum atomic E-state index is 11.9. The van der Waals surface area contributed by atoms with E-state index in [-0.39, 0.29) is 16.8 Å². The van der Waals surface area contributed by atoms with Gasteiger partial charge < -0.3 is 0 Å².